The first-order chi connectivity index (χ1) is 6.52. The topological polar surface area (TPSA) is 37.3 Å². The van der Waals surface area contributed by atoms with Crippen LogP contribution in [0.3, 0.4) is 0 Å². The van der Waals surface area contributed by atoms with Crippen LogP contribution in [0, 0.1) is 9.39 Å². The lowest BCUT2D eigenvalue weighted by atomic mass is 10.2. The Morgan fingerprint density at radius 2 is 2.21 bits per heavy atom. The van der Waals surface area contributed by atoms with Crippen LogP contribution in [-0.2, 0) is 4.79 Å². The van der Waals surface area contributed by atoms with Gasteiger partial charge in [-0.25, -0.2) is 9.18 Å². The molecule has 0 bridgehead atoms. The van der Waals surface area contributed by atoms with Crippen LogP contribution in [0.1, 0.15) is 5.56 Å². The van der Waals surface area contributed by atoms with E-state index in [0.29, 0.717) is 4.47 Å². The smallest absolute Gasteiger partial charge is 0.328 e. The third kappa shape index (κ3) is 2.78. The predicted molar refractivity (Wildman–Crippen MR) is 63.5 cm³/mol. The number of aliphatic carboxylic acids is 1. The highest BCUT2D eigenvalue weighted by Crippen LogP contribution is 2.25. The van der Waals surface area contributed by atoms with E-state index < -0.39 is 11.8 Å². The van der Waals surface area contributed by atoms with Gasteiger partial charge in [0.2, 0.25) is 0 Å². The van der Waals surface area contributed by atoms with Gasteiger partial charge in [0.05, 0.1) is 4.47 Å². The van der Waals surface area contributed by atoms with Crippen LogP contribution >= 0.6 is 38.5 Å². The van der Waals surface area contributed by atoms with Gasteiger partial charge in [-0.3, -0.25) is 0 Å². The van der Waals surface area contributed by atoms with Crippen molar-refractivity contribution in [2.24, 2.45) is 0 Å². The van der Waals surface area contributed by atoms with Gasteiger partial charge in [-0.1, -0.05) is 6.07 Å². The Bertz CT molecular complexity index is 404. The number of halogens is 3. The highest BCUT2D eigenvalue weighted by Gasteiger charge is 2.07. The lowest BCUT2D eigenvalue weighted by Gasteiger charge is -2.01. The standard InChI is InChI=1S/C9H5BrFIO2/c10-8-6(12)3-1-5(9(8)11)2-4-7(13)14/h1-4H,(H,13,14)/b4-2+. The molecule has 0 fully saturated rings. The minimum Gasteiger partial charge on any atom is -0.478 e. The van der Waals surface area contributed by atoms with E-state index >= 15 is 0 Å². The zero-order chi connectivity index (χ0) is 10.7. The molecule has 14 heavy (non-hydrogen) atoms. The maximum absolute atomic E-state index is 13.4. The zero-order valence-corrected chi connectivity index (χ0v) is 10.5. The molecular formula is C9H5BrFIO2. The minimum atomic E-state index is -1.10. The fourth-order valence-corrected chi connectivity index (χ4v) is 1.61. The van der Waals surface area contributed by atoms with Crippen molar-refractivity contribution in [1.82, 2.24) is 0 Å². The summed E-state index contributed by atoms with van der Waals surface area (Å²) in [6, 6.07) is 3.23. The van der Waals surface area contributed by atoms with Gasteiger partial charge in [0.1, 0.15) is 5.82 Å². The Morgan fingerprint density at radius 1 is 1.57 bits per heavy atom. The SMILES string of the molecule is O=C(O)/C=C/c1ccc(I)c(Br)c1F. The van der Waals surface area contributed by atoms with Gasteiger partial charge < -0.3 is 5.11 Å². The van der Waals surface area contributed by atoms with E-state index in [0.717, 1.165) is 9.65 Å². The summed E-state index contributed by atoms with van der Waals surface area (Å²) in [6.45, 7) is 0. The van der Waals surface area contributed by atoms with Crippen molar-refractivity contribution in [2.45, 2.75) is 0 Å². The number of rotatable bonds is 2. The molecule has 5 heteroatoms. The average molecular weight is 371 g/mol. The number of benzene rings is 1. The first kappa shape index (κ1) is 11.6. The molecule has 0 heterocycles. The van der Waals surface area contributed by atoms with E-state index in [1.165, 1.54) is 12.1 Å². The van der Waals surface area contributed by atoms with Crippen LogP contribution < -0.4 is 0 Å². The second-order valence-corrected chi connectivity index (χ2v) is 4.39. The van der Waals surface area contributed by atoms with Crippen LogP contribution in [-0.4, -0.2) is 11.1 Å². The largest absolute Gasteiger partial charge is 0.478 e. The van der Waals surface area contributed by atoms with Crippen molar-refractivity contribution in [3.63, 3.8) is 0 Å². The molecule has 0 unspecified atom stereocenters. The number of hydrogen-bond donors (Lipinski definition) is 1. The molecular weight excluding hydrogens is 366 g/mol. The van der Waals surface area contributed by atoms with Crippen molar-refractivity contribution >= 4 is 50.6 Å². The number of carboxylic acid groups (broad SMARTS) is 1. The normalized spacial score (nSPS) is 10.8. The van der Waals surface area contributed by atoms with E-state index in [2.05, 4.69) is 15.9 Å². The van der Waals surface area contributed by atoms with Crippen molar-refractivity contribution in [3.05, 3.63) is 37.6 Å². The van der Waals surface area contributed by atoms with Crippen molar-refractivity contribution < 1.29 is 14.3 Å². The Kier molecular flexibility index (Phi) is 4.06. The third-order valence-electron chi connectivity index (χ3n) is 1.47. The summed E-state index contributed by atoms with van der Waals surface area (Å²) in [5, 5.41) is 8.37. The molecule has 0 aliphatic rings. The molecule has 0 amide bonds. The maximum atomic E-state index is 13.4. The molecule has 1 aromatic carbocycles. The summed E-state index contributed by atoms with van der Waals surface area (Å²) < 4.78 is 14.5. The van der Waals surface area contributed by atoms with E-state index in [4.69, 9.17) is 5.11 Å². The van der Waals surface area contributed by atoms with Crippen LogP contribution in [0.5, 0.6) is 0 Å². The first-order valence-electron chi connectivity index (χ1n) is 3.57. The zero-order valence-electron chi connectivity index (χ0n) is 6.80. The number of hydrogen-bond acceptors (Lipinski definition) is 1. The fourth-order valence-electron chi connectivity index (χ4n) is 0.831. The van der Waals surface area contributed by atoms with Crippen molar-refractivity contribution in [1.29, 1.82) is 0 Å². The molecule has 0 aromatic heterocycles. The summed E-state index contributed by atoms with van der Waals surface area (Å²) >= 11 is 5.05. The molecule has 1 aromatic rings. The molecule has 1 rings (SSSR count). The molecule has 0 spiro atoms. The monoisotopic (exact) mass is 370 g/mol. The number of carboxylic acids is 1. The van der Waals surface area contributed by atoms with E-state index in [1.807, 2.05) is 22.6 Å². The predicted octanol–water partition coefficient (Wildman–Crippen LogP) is 3.29. The molecule has 0 radical (unpaired) electrons. The molecule has 2 nitrogen and oxygen atoms in total. The second kappa shape index (κ2) is 4.88. The maximum Gasteiger partial charge on any atom is 0.328 e. The van der Waals surface area contributed by atoms with Gasteiger partial charge in [-0.2, -0.15) is 0 Å². The summed E-state index contributed by atoms with van der Waals surface area (Å²) in [7, 11) is 0. The molecule has 0 aliphatic carbocycles. The first-order valence-corrected chi connectivity index (χ1v) is 5.44. The molecule has 0 atom stereocenters. The molecule has 0 aliphatic heterocycles. The third-order valence-corrected chi connectivity index (χ3v) is 3.89. The van der Waals surface area contributed by atoms with Crippen molar-refractivity contribution in [2.75, 3.05) is 0 Å². The van der Waals surface area contributed by atoms with Gasteiger partial charge in [-0.15, -0.1) is 0 Å². The summed E-state index contributed by atoms with van der Waals surface area (Å²) in [6.07, 6.45) is 2.12. The van der Waals surface area contributed by atoms with Crippen molar-refractivity contribution in [3.8, 4) is 0 Å². The van der Waals surface area contributed by atoms with Crippen LogP contribution in [0.25, 0.3) is 6.08 Å². The minimum absolute atomic E-state index is 0.250. The van der Waals surface area contributed by atoms with Gasteiger partial charge in [0, 0.05) is 15.2 Å². The van der Waals surface area contributed by atoms with Crippen LogP contribution in [0.15, 0.2) is 22.7 Å². The summed E-state index contributed by atoms with van der Waals surface area (Å²) in [5.74, 6) is -1.55. The lowest BCUT2D eigenvalue weighted by Crippen LogP contribution is -1.90. The lowest BCUT2D eigenvalue weighted by molar-refractivity contribution is -0.131. The van der Waals surface area contributed by atoms with E-state index in [1.54, 1.807) is 6.07 Å². The Morgan fingerprint density at radius 3 is 2.79 bits per heavy atom. The second-order valence-electron chi connectivity index (χ2n) is 2.44. The van der Waals surface area contributed by atoms with Crippen LogP contribution in [0.4, 0.5) is 4.39 Å². The van der Waals surface area contributed by atoms with Gasteiger partial charge in [-0.05, 0) is 50.7 Å². The Labute approximate surface area is 102 Å². The summed E-state index contributed by atoms with van der Waals surface area (Å²) in [5.41, 5.74) is 0.250. The van der Waals surface area contributed by atoms with Crippen LogP contribution in [0.2, 0.25) is 0 Å². The molecule has 74 valence electrons. The van der Waals surface area contributed by atoms with Gasteiger partial charge >= 0.3 is 5.97 Å². The Hall–Kier alpha value is -0.430. The molecule has 0 saturated carbocycles. The van der Waals surface area contributed by atoms with Gasteiger partial charge in [0.25, 0.3) is 0 Å². The quantitative estimate of drug-likeness (QED) is 0.492. The fraction of sp³-hybridized carbons (Fsp3) is 0. The Balaban J connectivity index is 3.12. The molecule has 0 saturated heterocycles. The highest BCUT2D eigenvalue weighted by molar-refractivity contribution is 14.1. The summed E-state index contributed by atoms with van der Waals surface area (Å²) in [4.78, 5) is 10.2. The average Bonchev–Trinajstić information content (AvgIpc) is 2.13. The highest BCUT2D eigenvalue weighted by atomic mass is 127. The van der Waals surface area contributed by atoms with E-state index in [9.17, 15) is 9.18 Å². The number of carbonyl (C=O) groups is 1. The van der Waals surface area contributed by atoms with E-state index in [-0.39, 0.29) is 5.56 Å². The molecule has 1 N–H and O–H groups in total. The van der Waals surface area contributed by atoms with Gasteiger partial charge in [0.15, 0.2) is 0 Å².